The van der Waals surface area contributed by atoms with Gasteiger partial charge in [-0.05, 0) is 18.4 Å². The van der Waals surface area contributed by atoms with Crippen molar-refractivity contribution in [2.75, 3.05) is 5.75 Å². The van der Waals surface area contributed by atoms with Crippen LogP contribution in [0, 0.1) is 0 Å². The molecule has 0 radical (unpaired) electrons. The Morgan fingerprint density at radius 3 is 3.00 bits per heavy atom. The van der Waals surface area contributed by atoms with Crippen LogP contribution in [0.25, 0.3) is 11.3 Å². The Hall–Kier alpha value is -1.55. The van der Waals surface area contributed by atoms with Crippen LogP contribution in [0.2, 0.25) is 0 Å². The molecule has 108 valence electrons. The predicted octanol–water partition coefficient (Wildman–Crippen LogP) is 3.24. The van der Waals surface area contributed by atoms with Crippen molar-refractivity contribution in [3.05, 3.63) is 45.7 Å². The monoisotopic (exact) mass is 298 g/mol. The number of thioether (sulfide) groups is 1. The lowest BCUT2D eigenvalue weighted by Gasteiger charge is -2.35. The van der Waals surface area contributed by atoms with Crippen molar-refractivity contribution in [2.45, 2.75) is 43.8 Å². The predicted molar refractivity (Wildman–Crippen MR) is 86.0 cm³/mol. The normalized spacial score (nSPS) is 22.6. The second-order valence-electron chi connectivity index (χ2n) is 6.17. The van der Waals surface area contributed by atoms with Crippen LogP contribution in [0.4, 0.5) is 0 Å². The van der Waals surface area contributed by atoms with E-state index in [0.717, 1.165) is 47.1 Å². The molecule has 3 nitrogen and oxygen atoms in total. The zero-order chi connectivity index (χ0) is 14.6. The highest BCUT2D eigenvalue weighted by atomic mass is 32.2. The summed E-state index contributed by atoms with van der Waals surface area (Å²) in [6.45, 7) is 5.17. The lowest BCUT2D eigenvalue weighted by Crippen LogP contribution is -2.39. The van der Waals surface area contributed by atoms with Crippen molar-refractivity contribution in [1.29, 1.82) is 0 Å². The summed E-state index contributed by atoms with van der Waals surface area (Å²) in [7, 11) is 0. The second kappa shape index (κ2) is 4.47. The molecule has 0 spiro atoms. The lowest BCUT2D eigenvalue weighted by atomic mass is 9.69. The fourth-order valence-electron chi connectivity index (χ4n) is 3.53. The third kappa shape index (κ3) is 1.75. The van der Waals surface area contributed by atoms with Gasteiger partial charge in [0.05, 0.1) is 11.3 Å². The Morgan fingerprint density at radius 1 is 1.38 bits per heavy atom. The van der Waals surface area contributed by atoms with Crippen LogP contribution in [-0.4, -0.2) is 15.3 Å². The van der Waals surface area contributed by atoms with E-state index >= 15 is 0 Å². The first-order valence-corrected chi connectivity index (χ1v) is 8.49. The number of hydrogen-bond acceptors (Lipinski definition) is 3. The molecule has 21 heavy (non-hydrogen) atoms. The van der Waals surface area contributed by atoms with Gasteiger partial charge in [0, 0.05) is 23.3 Å². The van der Waals surface area contributed by atoms with Crippen molar-refractivity contribution in [3.8, 4) is 11.3 Å². The van der Waals surface area contributed by atoms with Crippen LogP contribution in [0.5, 0.6) is 0 Å². The summed E-state index contributed by atoms with van der Waals surface area (Å²) in [5.41, 5.74) is 4.38. The van der Waals surface area contributed by atoms with Gasteiger partial charge in [0.25, 0.3) is 5.56 Å². The Balaban J connectivity index is 2.11. The first kappa shape index (κ1) is 13.1. The van der Waals surface area contributed by atoms with E-state index in [1.54, 1.807) is 11.8 Å². The van der Waals surface area contributed by atoms with Gasteiger partial charge in [-0.25, -0.2) is 4.98 Å². The quantitative estimate of drug-likeness (QED) is 0.758. The van der Waals surface area contributed by atoms with Gasteiger partial charge in [0.1, 0.15) is 0 Å². The molecule has 0 bridgehead atoms. The zero-order valence-electron chi connectivity index (χ0n) is 12.3. The van der Waals surface area contributed by atoms with Crippen molar-refractivity contribution >= 4 is 11.8 Å². The van der Waals surface area contributed by atoms with Gasteiger partial charge >= 0.3 is 0 Å². The van der Waals surface area contributed by atoms with Crippen LogP contribution in [0.3, 0.4) is 0 Å². The molecule has 1 aliphatic heterocycles. The van der Waals surface area contributed by atoms with Gasteiger partial charge in [0.2, 0.25) is 0 Å². The third-order valence-corrected chi connectivity index (χ3v) is 5.87. The maximum absolute atomic E-state index is 13.0. The largest absolute Gasteiger partial charge is 0.287 e. The Morgan fingerprint density at radius 2 is 2.19 bits per heavy atom. The summed E-state index contributed by atoms with van der Waals surface area (Å²) in [6, 6.07) is 8.39. The molecule has 0 fully saturated rings. The summed E-state index contributed by atoms with van der Waals surface area (Å²) in [5.74, 6) is 0.954. The summed E-state index contributed by atoms with van der Waals surface area (Å²) in [6.07, 6.45) is 1.88. The molecule has 0 amide bonds. The van der Waals surface area contributed by atoms with Gasteiger partial charge < -0.3 is 0 Å². The first-order chi connectivity index (χ1) is 10.1. The highest BCUT2D eigenvalue weighted by molar-refractivity contribution is 7.99. The molecular formula is C17H18N2OS. The van der Waals surface area contributed by atoms with Gasteiger partial charge in [0.15, 0.2) is 5.16 Å². The maximum Gasteiger partial charge on any atom is 0.258 e. The fourth-order valence-corrected chi connectivity index (χ4v) is 4.47. The molecule has 0 unspecified atom stereocenters. The fraction of sp³-hybridized carbons (Fsp3) is 0.412. The van der Waals surface area contributed by atoms with Crippen LogP contribution < -0.4 is 5.56 Å². The lowest BCUT2D eigenvalue weighted by molar-refractivity contribution is 0.431. The third-order valence-electron chi connectivity index (χ3n) is 4.92. The van der Waals surface area contributed by atoms with Gasteiger partial charge in [-0.3, -0.25) is 9.36 Å². The highest BCUT2D eigenvalue weighted by Crippen LogP contribution is 2.43. The summed E-state index contributed by atoms with van der Waals surface area (Å²) < 4.78 is 1.87. The second-order valence-corrected chi connectivity index (χ2v) is 7.23. The molecule has 0 N–H and O–H groups in total. The average molecular weight is 298 g/mol. The number of rotatable bonds is 1. The minimum absolute atomic E-state index is 0.108. The van der Waals surface area contributed by atoms with E-state index in [4.69, 9.17) is 4.98 Å². The summed E-state index contributed by atoms with van der Waals surface area (Å²) in [5, 5.41) is 0.883. The molecular weight excluding hydrogens is 280 g/mol. The highest BCUT2D eigenvalue weighted by Gasteiger charge is 2.38. The van der Waals surface area contributed by atoms with E-state index in [0.29, 0.717) is 0 Å². The number of aromatic nitrogens is 2. The number of fused-ring (bicyclic) bond motifs is 4. The molecule has 1 aromatic heterocycles. The standard InChI is InChI=1S/C17H18N2OS/c1-3-17(2)10-11-6-4-5-7-12(11)14-13(17)15(20)19-8-9-21-16(19)18-14/h4-7H,3,8-10H2,1-2H3/t17-/m0/s1. The molecule has 2 aromatic rings. The number of hydrogen-bond donors (Lipinski definition) is 0. The molecule has 1 atom stereocenters. The smallest absolute Gasteiger partial charge is 0.258 e. The van der Waals surface area contributed by atoms with Crippen LogP contribution in [0.15, 0.2) is 34.2 Å². The molecule has 2 aliphatic rings. The number of benzene rings is 1. The molecule has 4 rings (SSSR count). The van der Waals surface area contributed by atoms with Crippen LogP contribution in [0.1, 0.15) is 31.4 Å². The van der Waals surface area contributed by atoms with Crippen molar-refractivity contribution < 1.29 is 0 Å². The van der Waals surface area contributed by atoms with Gasteiger partial charge in [-0.15, -0.1) is 0 Å². The van der Waals surface area contributed by atoms with Gasteiger partial charge in [-0.2, -0.15) is 0 Å². The van der Waals surface area contributed by atoms with Crippen LogP contribution in [-0.2, 0) is 18.4 Å². The molecule has 1 aliphatic carbocycles. The summed E-state index contributed by atoms with van der Waals surface area (Å²) >= 11 is 1.69. The van der Waals surface area contributed by atoms with E-state index in [9.17, 15) is 4.79 Å². The first-order valence-electron chi connectivity index (χ1n) is 7.50. The van der Waals surface area contributed by atoms with E-state index in [1.165, 1.54) is 5.56 Å². The topological polar surface area (TPSA) is 34.9 Å². The zero-order valence-corrected chi connectivity index (χ0v) is 13.2. The Bertz CT molecular complexity index is 796. The molecule has 2 heterocycles. The van der Waals surface area contributed by atoms with E-state index in [-0.39, 0.29) is 11.0 Å². The average Bonchev–Trinajstić information content (AvgIpc) is 2.96. The van der Waals surface area contributed by atoms with Crippen molar-refractivity contribution in [1.82, 2.24) is 9.55 Å². The Kier molecular flexibility index (Phi) is 2.80. The molecule has 1 aromatic carbocycles. The van der Waals surface area contributed by atoms with E-state index in [2.05, 4.69) is 32.0 Å². The van der Waals surface area contributed by atoms with Crippen LogP contribution >= 0.6 is 11.8 Å². The minimum atomic E-state index is -0.108. The van der Waals surface area contributed by atoms with Gasteiger partial charge in [-0.1, -0.05) is 49.9 Å². The van der Waals surface area contributed by atoms with E-state index < -0.39 is 0 Å². The van der Waals surface area contributed by atoms with E-state index in [1.807, 2.05) is 10.6 Å². The minimum Gasteiger partial charge on any atom is -0.287 e. The summed E-state index contributed by atoms with van der Waals surface area (Å²) in [4.78, 5) is 17.9. The number of nitrogens with zero attached hydrogens (tertiary/aromatic N) is 2. The Labute approximate surface area is 128 Å². The molecule has 0 saturated carbocycles. The van der Waals surface area contributed by atoms with Crippen molar-refractivity contribution in [2.24, 2.45) is 0 Å². The SMILES string of the molecule is CC[C@@]1(C)Cc2ccccc2-c2nc3n(c(=O)c21)CCS3. The molecule has 4 heteroatoms. The maximum atomic E-state index is 13.0. The molecule has 0 saturated heterocycles. The van der Waals surface area contributed by atoms with Crippen molar-refractivity contribution in [3.63, 3.8) is 0 Å².